The van der Waals surface area contributed by atoms with Crippen LogP contribution in [0.4, 0.5) is 0 Å². The van der Waals surface area contributed by atoms with Crippen LogP contribution in [0.2, 0.25) is 0 Å². The molecule has 0 aromatic carbocycles. The van der Waals surface area contributed by atoms with E-state index >= 15 is 0 Å². The molecule has 0 saturated carbocycles. The van der Waals surface area contributed by atoms with Gasteiger partial charge >= 0.3 is 49.4 Å². The first-order valence-electron chi connectivity index (χ1n) is 1.69. The maximum atomic E-state index is 3.56. The predicted molar refractivity (Wildman–Crippen MR) is 48.5 cm³/mol. The predicted octanol–water partition coefficient (Wildman–Crippen LogP) is 3.35. The molecule has 0 aliphatic heterocycles. The van der Waals surface area contributed by atoms with E-state index in [0.29, 0.717) is 9.47 Å². The molecule has 0 aliphatic carbocycles. The van der Waals surface area contributed by atoms with Crippen LogP contribution in [0, 0.1) is 0 Å². The molecule has 3 heteroatoms. The van der Waals surface area contributed by atoms with Crippen LogP contribution in [0.1, 0.15) is 13.8 Å². The third-order valence-corrected chi connectivity index (χ3v) is 0. The minimum absolute atomic E-state index is 0.628. The van der Waals surface area contributed by atoms with Crippen molar-refractivity contribution in [2.24, 2.45) is 0 Å². The number of allylic oxidation sites excluding steroid dienone is 1. The van der Waals surface area contributed by atoms with Gasteiger partial charge in [0.15, 0.2) is 0 Å². The van der Waals surface area contributed by atoms with Crippen LogP contribution in [0.15, 0.2) is 12.2 Å². The minimum atomic E-state index is 0.628. The van der Waals surface area contributed by atoms with E-state index in [-0.39, 0.29) is 0 Å². The quantitative estimate of drug-likeness (QED) is 0.459. The Labute approximate surface area is 74.4 Å². The van der Waals surface area contributed by atoms with Gasteiger partial charge in [0.05, 0.1) is 0 Å². The molecular weight excluding hydrogens is 353 g/mol. The van der Waals surface area contributed by atoms with Crippen molar-refractivity contribution >= 4 is 40.0 Å². The van der Waals surface area contributed by atoms with E-state index in [1.807, 2.05) is 13.8 Å². The number of halogens is 2. The first kappa shape index (κ1) is 11.6. The van der Waals surface area contributed by atoms with Gasteiger partial charge in [0.1, 0.15) is 0 Å². The van der Waals surface area contributed by atoms with Crippen LogP contribution < -0.4 is 0 Å². The zero-order valence-electron chi connectivity index (χ0n) is 4.41. The molecule has 0 atom stereocenters. The van der Waals surface area contributed by atoms with Gasteiger partial charge in [0.25, 0.3) is 0 Å². The SMILES string of the molecule is C=C(C)C.[I][V][I]. The maximum absolute atomic E-state index is 3.56. The van der Waals surface area contributed by atoms with E-state index in [0.717, 1.165) is 0 Å². The molecule has 0 aromatic rings. The molecule has 0 rings (SSSR count). The fourth-order valence-electron chi connectivity index (χ4n) is 0. The van der Waals surface area contributed by atoms with Crippen molar-refractivity contribution < 1.29 is 9.47 Å². The van der Waals surface area contributed by atoms with E-state index in [1.54, 1.807) is 0 Å². The van der Waals surface area contributed by atoms with Gasteiger partial charge in [-0.05, 0) is 13.8 Å². The Morgan fingerprint density at radius 1 is 1.43 bits per heavy atom. The molecule has 0 bridgehead atoms. The Hall–Kier alpha value is 1.78. The molecule has 0 aliphatic rings. The molecule has 0 N–H and O–H groups in total. The summed E-state index contributed by atoms with van der Waals surface area (Å²) in [7, 11) is 0.628. The second-order valence-electron chi connectivity index (χ2n) is 1.27. The van der Waals surface area contributed by atoms with E-state index in [9.17, 15) is 0 Å². The topological polar surface area (TPSA) is 0 Å². The van der Waals surface area contributed by atoms with E-state index < -0.39 is 0 Å². The van der Waals surface area contributed by atoms with Crippen molar-refractivity contribution in [1.82, 2.24) is 0 Å². The van der Waals surface area contributed by atoms with Gasteiger partial charge in [-0.25, -0.2) is 0 Å². The molecule has 7 heavy (non-hydrogen) atoms. The Bertz CT molecular complexity index is 41.0. The van der Waals surface area contributed by atoms with Crippen LogP contribution in [-0.4, -0.2) is 0 Å². The molecule has 0 unspecified atom stereocenters. The molecule has 0 radical (unpaired) electrons. The van der Waals surface area contributed by atoms with E-state index in [4.69, 9.17) is 0 Å². The summed E-state index contributed by atoms with van der Waals surface area (Å²) in [6.07, 6.45) is 0. The van der Waals surface area contributed by atoms with Gasteiger partial charge in [-0.2, -0.15) is 0 Å². The Kier molecular flexibility index (Phi) is 17.7. The Morgan fingerprint density at radius 2 is 1.43 bits per heavy atom. The third kappa shape index (κ3) is 81.8. The molecule has 0 nitrogen and oxygen atoms in total. The number of rotatable bonds is 0. The summed E-state index contributed by atoms with van der Waals surface area (Å²) in [5.41, 5.74) is 1.17. The Morgan fingerprint density at radius 3 is 1.43 bits per heavy atom. The monoisotopic (exact) mass is 361 g/mol. The first-order valence-corrected chi connectivity index (χ1v) is 10.7. The van der Waals surface area contributed by atoms with Crippen molar-refractivity contribution in [3.8, 4) is 0 Å². The molecule has 0 saturated heterocycles. The third-order valence-electron chi connectivity index (χ3n) is 0. The van der Waals surface area contributed by atoms with Crippen molar-refractivity contribution in [3.63, 3.8) is 0 Å². The number of hydrogen-bond donors (Lipinski definition) is 0. The van der Waals surface area contributed by atoms with Gasteiger partial charge in [0, 0.05) is 0 Å². The Balaban J connectivity index is 0. The average molecular weight is 361 g/mol. The molecule has 43 valence electrons. The molecule has 0 aromatic heterocycles. The van der Waals surface area contributed by atoms with Crippen molar-refractivity contribution in [2.75, 3.05) is 0 Å². The molecule has 0 fully saturated rings. The molecular formula is C4H8I2V. The van der Waals surface area contributed by atoms with Crippen LogP contribution in [0.25, 0.3) is 0 Å². The standard InChI is InChI=1S/C4H8.2HI.V/c1-4(2)3;;;/h1H2,2-3H3;2*1H;/q;;;+2/p-2. The van der Waals surface area contributed by atoms with Crippen LogP contribution in [0.3, 0.4) is 0 Å². The molecule has 0 heterocycles. The second-order valence-corrected chi connectivity index (χ2v) is 13.1. The molecule has 0 amide bonds. The molecule has 0 spiro atoms. The fraction of sp³-hybridized carbons (Fsp3) is 0.500. The van der Waals surface area contributed by atoms with Gasteiger partial charge < -0.3 is 0 Å². The van der Waals surface area contributed by atoms with Crippen molar-refractivity contribution in [1.29, 1.82) is 0 Å². The van der Waals surface area contributed by atoms with Crippen LogP contribution in [-0.2, 0) is 9.47 Å². The van der Waals surface area contributed by atoms with Gasteiger partial charge in [-0.1, -0.05) is 5.57 Å². The van der Waals surface area contributed by atoms with Crippen LogP contribution in [0.5, 0.6) is 0 Å². The van der Waals surface area contributed by atoms with E-state index in [2.05, 4.69) is 46.5 Å². The van der Waals surface area contributed by atoms with Crippen molar-refractivity contribution in [2.45, 2.75) is 13.8 Å². The zero-order valence-corrected chi connectivity index (χ0v) is 10.1. The summed E-state index contributed by atoms with van der Waals surface area (Å²) in [5.74, 6) is 0. The van der Waals surface area contributed by atoms with Crippen LogP contribution >= 0.6 is 40.0 Å². The van der Waals surface area contributed by atoms with Gasteiger partial charge in [-0.15, -0.1) is 6.58 Å². The summed E-state index contributed by atoms with van der Waals surface area (Å²) >= 11 is 4.74. The normalized spacial score (nSPS) is 5.71. The summed E-state index contributed by atoms with van der Waals surface area (Å²) < 4.78 is 0. The first-order chi connectivity index (χ1) is 3.15. The number of hydrogen-bond acceptors (Lipinski definition) is 0. The summed E-state index contributed by atoms with van der Waals surface area (Å²) in [6.45, 7) is 7.50. The zero-order chi connectivity index (χ0) is 6.28. The van der Waals surface area contributed by atoms with Gasteiger partial charge in [-0.3, -0.25) is 0 Å². The van der Waals surface area contributed by atoms with E-state index in [1.165, 1.54) is 5.57 Å². The average Bonchev–Trinajstić information content (AvgIpc) is 1.33. The summed E-state index contributed by atoms with van der Waals surface area (Å²) in [5, 5.41) is 0. The summed E-state index contributed by atoms with van der Waals surface area (Å²) in [6, 6.07) is 0. The van der Waals surface area contributed by atoms with Crippen molar-refractivity contribution in [3.05, 3.63) is 12.2 Å². The van der Waals surface area contributed by atoms with Gasteiger partial charge in [0.2, 0.25) is 0 Å². The fourth-order valence-corrected chi connectivity index (χ4v) is 0. The second kappa shape index (κ2) is 10.7. The summed E-state index contributed by atoms with van der Waals surface area (Å²) in [4.78, 5) is 0.